The Morgan fingerprint density at radius 1 is 1.25 bits per heavy atom. The smallest absolute Gasteiger partial charge is 0.237 e. The molecule has 20 heavy (non-hydrogen) atoms. The van der Waals surface area contributed by atoms with Crippen molar-refractivity contribution in [3.63, 3.8) is 0 Å². The zero-order valence-electron chi connectivity index (χ0n) is 13.0. The first-order chi connectivity index (χ1) is 9.54. The van der Waals surface area contributed by atoms with Crippen LogP contribution in [0, 0.1) is 5.92 Å². The summed E-state index contributed by atoms with van der Waals surface area (Å²) in [5.41, 5.74) is -0.251. The lowest BCUT2D eigenvalue weighted by Gasteiger charge is -2.40. The van der Waals surface area contributed by atoms with Gasteiger partial charge in [-0.2, -0.15) is 0 Å². The van der Waals surface area contributed by atoms with E-state index in [-0.39, 0.29) is 24.1 Å². The highest BCUT2D eigenvalue weighted by molar-refractivity contribution is 5.81. The summed E-state index contributed by atoms with van der Waals surface area (Å²) < 4.78 is 0. The van der Waals surface area contributed by atoms with E-state index in [9.17, 15) is 9.90 Å². The first-order valence-electron chi connectivity index (χ1n) is 8.23. The van der Waals surface area contributed by atoms with Gasteiger partial charge in [-0.05, 0) is 51.4 Å². The molecule has 0 aromatic carbocycles. The zero-order valence-corrected chi connectivity index (χ0v) is 13.0. The SMILES string of the molecule is CC1CCC(CO)(NC(C)C(=O)NC2CCCC2)CC1. The summed E-state index contributed by atoms with van der Waals surface area (Å²) in [7, 11) is 0. The van der Waals surface area contributed by atoms with Gasteiger partial charge in [-0.25, -0.2) is 0 Å². The number of aliphatic hydroxyl groups excluding tert-OH is 1. The summed E-state index contributed by atoms with van der Waals surface area (Å²) in [6.07, 6.45) is 8.87. The van der Waals surface area contributed by atoms with E-state index in [1.807, 2.05) is 6.92 Å². The van der Waals surface area contributed by atoms with Crippen LogP contribution in [0.4, 0.5) is 0 Å². The van der Waals surface area contributed by atoms with Gasteiger partial charge in [0.2, 0.25) is 5.91 Å². The highest BCUT2D eigenvalue weighted by atomic mass is 16.3. The largest absolute Gasteiger partial charge is 0.394 e. The number of aliphatic hydroxyl groups is 1. The summed E-state index contributed by atoms with van der Waals surface area (Å²) in [6.45, 7) is 4.30. The van der Waals surface area contributed by atoms with Crippen molar-refractivity contribution in [2.45, 2.75) is 82.8 Å². The predicted octanol–water partition coefficient (Wildman–Crippen LogP) is 1.96. The van der Waals surface area contributed by atoms with E-state index in [0.29, 0.717) is 6.04 Å². The van der Waals surface area contributed by atoms with Crippen molar-refractivity contribution >= 4 is 5.91 Å². The lowest BCUT2D eigenvalue weighted by Crippen LogP contribution is -2.58. The van der Waals surface area contributed by atoms with Crippen molar-refractivity contribution in [2.75, 3.05) is 6.61 Å². The van der Waals surface area contributed by atoms with Gasteiger partial charge in [0.15, 0.2) is 0 Å². The number of hydrogen-bond donors (Lipinski definition) is 3. The van der Waals surface area contributed by atoms with Crippen LogP contribution >= 0.6 is 0 Å². The van der Waals surface area contributed by atoms with Gasteiger partial charge in [-0.15, -0.1) is 0 Å². The minimum Gasteiger partial charge on any atom is -0.394 e. The zero-order chi connectivity index (χ0) is 14.6. The van der Waals surface area contributed by atoms with Crippen LogP contribution in [0.15, 0.2) is 0 Å². The maximum Gasteiger partial charge on any atom is 0.237 e. The first kappa shape index (κ1) is 15.8. The number of hydrogen-bond acceptors (Lipinski definition) is 3. The van der Waals surface area contributed by atoms with Gasteiger partial charge >= 0.3 is 0 Å². The second kappa shape index (κ2) is 6.90. The molecule has 2 aliphatic rings. The molecule has 2 rings (SSSR count). The van der Waals surface area contributed by atoms with Crippen LogP contribution < -0.4 is 10.6 Å². The number of nitrogens with one attached hydrogen (secondary N) is 2. The topological polar surface area (TPSA) is 61.4 Å². The Labute approximate surface area is 122 Å². The molecular weight excluding hydrogens is 252 g/mol. The minimum atomic E-state index is -0.251. The number of rotatable bonds is 5. The van der Waals surface area contributed by atoms with Crippen molar-refractivity contribution in [2.24, 2.45) is 5.92 Å². The summed E-state index contributed by atoms with van der Waals surface area (Å²) in [6, 6.07) is 0.138. The third kappa shape index (κ3) is 3.95. The molecule has 116 valence electrons. The molecule has 0 aliphatic heterocycles. The van der Waals surface area contributed by atoms with E-state index >= 15 is 0 Å². The fraction of sp³-hybridized carbons (Fsp3) is 0.938. The number of amides is 1. The van der Waals surface area contributed by atoms with Crippen LogP contribution in [0.3, 0.4) is 0 Å². The van der Waals surface area contributed by atoms with Crippen LogP contribution in [-0.2, 0) is 4.79 Å². The van der Waals surface area contributed by atoms with Gasteiger partial charge in [0.1, 0.15) is 0 Å². The maximum absolute atomic E-state index is 12.2. The highest BCUT2D eigenvalue weighted by Gasteiger charge is 2.36. The molecule has 0 spiro atoms. The molecule has 0 saturated heterocycles. The van der Waals surface area contributed by atoms with Crippen molar-refractivity contribution < 1.29 is 9.90 Å². The van der Waals surface area contributed by atoms with Crippen molar-refractivity contribution in [1.29, 1.82) is 0 Å². The molecular formula is C16H30N2O2. The molecule has 0 heterocycles. The molecule has 3 N–H and O–H groups in total. The van der Waals surface area contributed by atoms with Gasteiger partial charge in [0.05, 0.1) is 12.6 Å². The van der Waals surface area contributed by atoms with E-state index in [0.717, 1.165) is 44.4 Å². The molecule has 0 aromatic rings. The molecule has 1 atom stereocenters. The first-order valence-corrected chi connectivity index (χ1v) is 8.23. The van der Waals surface area contributed by atoms with Crippen LogP contribution in [0.2, 0.25) is 0 Å². The Balaban J connectivity index is 1.84. The molecule has 0 aromatic heterocycles. The van der Waals surface area contributed by atoms with Crippen molar-refractivity contribution in [3.8, 4) is 0 Å². The van der Waals surface area contributed by atoms with Crippen LogP contribution in [0.1, 0.15) is 65.2 Å². The van der Waals surface area contributed by atoms with Gasteiger partial charge < -0.3 is 10.4 Å². The Kier molecular flexibility index (Phi) is 5.44. The van der Waals surface area contributed by atoms with Crippen LogP contribution in [0.25, 0.3) is 0 Å². The number of carbonyl (C=O) groups excluding carboxylic acids is 1. The molecule has 2 saturated carbocycles. The van der Waals surface area contributed by atoms with Crippen molar-refractivity contribution in [3.05, 3.63) is 0 Å². The lowest BCUT2D eigenvalue weighted by atomic mass is 9.77. The van der Waals surface area contributed by atoms with Crippen LogP contribution in [0.5, 0.6) is 0 Å². The summed E-state index contributed by atoms with van der Waals surface area (Å²) in [5.74, 6) is 0.822. The third-order valence-corrected chi connectivity index (χ3v) is 5.15. The lowest BCUT2D eigenvalue weighted by molar-refractivity contribution is -0.124. The molecule has 4 heteroatoms. The Morgan fingerprint density at radius 3 is 2.40 bits per heavy atom. The molecule has 2 fully saturated rings. The predicted molar refractivity (Wildman–Crippen MR) is 80.4 cm³/mol. The highest BCUT2D eigenvalue weighted by Crippen LogP contribution is 2.32. The quantitative estimate of drug-likeness (QED) is 0.722. The average Bonchev–Trinajstić information content (AvgIpc) is 2.94. The molecule has 4 nitrogen and oxygen atoms in total. The monoisotopic (exact) mass is 282 g/mol. The summed E-state index contributed by atoms with van der Waals surface area (Å²) >= 11 is 0. The molecule has 0 bridgehead atoms. The number of carbonyl (C=O) groups is 1. The van der Waals surface area contributed by atoms with E-state index in [4.69, 9.17) is 0 Å². The summed E-state index contributed by atoms with van der Waals surface area (Å²) in [4.78, 5) is 12.2. The fourth-order valence-electron chi connectivity index (χ4n) is 3.58. The normalized spacial score (nSPS) is 33.0. The molecule has 1 amide bonds. The van der Waals surface area contributed by atoms with E-state index in [1.165, 1.54) is 12.8 Å². The average molecular weight is 282 g/mol. The second-order valence-corrected chi connectivity index (χ2v) is 6.98. The Hall–Kier alpha value is -0.610. The Morgan fingerprint density at radius 2 is 1.85 bits per heavy atom. The van der Waals surface area contributed by atoms with Gasteiger partial charge in [0, 0.05) is 11.6 Å². The molecule has 2 aliphatic carbocycles. The van der Waals surface area contributed by atoms with E-state index in [1.54, 1.807) is 0 Å². The Bertz CT molecular complexity index is 318. The van der Waals surface area contributed by atoms with Gasteiger partial charge in [0.25, 0.3) is 0 Å². The van der Waals surface area contributed by atoms with Crippen LogP contribution in [-0.4, -0.2) is 35.2 Å². The molecule has 1 unspecified atom stereocenters. The summed E-state index contributed by atoms with van der Waals surface area (Å²) in [5, 5.41) is 16.3. The van der Waals surface area contributed by atoms with Gasteiger partial charge in [-0.3, -0.25) is 10.1 Å². The van der Waals surface area contributed by atoms with E-state index in [2.05, 4.69) is 17.6 Å². The third-order valence-electron chi connectivity index (χ3n) is 5.15. The standard InChI is InChI=1S/C16H30N2O2/c1-12-7-9-16(11-19,10-8-12)18-13(2)15(20)17-14-5-3-4-6-14/h12-14,18-19H,3-11H2,1-2H3,(H,17,20). The molecule has 0 radical (unpaired) electrons. The van der Waals surface area contributed by atoms with Gasteiger partial charge in [-0.1, -0.05) is 19.8 Å². The van der Waals surface area contributed by atoms with E-state index < -0.39 is 0 Å². The maximum atomic E-state index is 12.2. The fourth-order valence-corrected chi connectivity index (χ4v) is 3.58. The van der Waals surface area contributed by atoms with Crippen molar-refractivity contribution in [1.82, 2.24) is 10.6 Å². The second-order valence-electron chi connectivity index (χ2n) is 6.98. The minimum absolute atomic E-state index is 0.0864.